The summed E-state index contributed by atoms with van der Waals surface area (Å²) >= 11 is 0. The number of rotatable bonds is 8. The number of hydrogen-bond donors (Lipinski definition) is 3. The number of carbonyl (C=O) groups excluding carboxylic acids is 2. The van der Waals surface area contributed by atoms with Crippen molar-refractivity contribution < 1.29 is 33.0 Å². The first-order valence-electron chi connectivity index (χ1n) is 9.44. The fraction of sp³-hybridized carbons (Fsp3) is 0.227. The molecule has 0 unspecified atom stereocenters. The maximum absolute atomic E-state index is 12.9. The van der Waals surface area contributed by atoms with Gasteiger partial charge in [0.2, 0.25) is 5.91 Å². The van der Waals surface area contributed by atoms with E-state index in [0.717, 1.165) is 28.3 Å². The molecule has 2 aromatic rings. The minimum absolute atomic E-state index is 0.0700. The highest BCUT2D eigenvalue weighted by molar-refractivity contribution is 5.88. The number of alkyl carbamates (subject to hydrolysis) is 1. The summed E-state index contributed by atoms with van der Waals surface area (Å²) in [7, 11) is 0. The lowest BCUT2D eigenvalue weighted by molar-refractivity contribution is -0.164. The fourth-order valence-corrected chi connectivity index (χ4v) is 3.29. The SMILES string of the molecule is O=C(/C=C/CNC(=O)OCC1c2ccccc2-c2ccccc21)NCC(F)(F)C(=O)O. The Hall–Kier alpha value is -3.75. The van der Waals surface area contributed by atoms with Crippen molar-refractivity contribution >= 4 is 18.0 Å². The Morgan fingerprint density at radius 3 is 2.16 bits per heavy atom. The van der Waals surface area contributed by atoms with Crippen molar-refractivity contribution in [2.45, 2.75) is 11.8 Å². The molecule has 0 heterocycles. The van der Waals surface area contributed by atoms with Gasteiger partial charge >= 0.3 is 18.0 Å². The average Bonchev–Trinajstić information content (AvgIpc) is 3.07. The van der Waals surface area contributed by atoms with E-state index in [9.17, 15) is 23.2 Å². The largest absolute Gasteiger partial charge is 0.477 e. The molecule has 3 N–H and O–H groups in total. The number of halogens is 2. The molecule has 2 amide bonds. The number of hydrogen-bond acceptors (Lipinski definition) is 4. The van der Waals surface area contributed by atoms with Gasteiger partial charge in [0.05, 0.1) is 6.54 Å². The summed E-state index contributed by atoms with van der Waals surface area (Å²) in [5.74, 6) is -7.37. The fourth-order valence-electron chi connectivity index (χ4n) is 3.29. The van der Waals surface area contributed by atoms with E-state index in [1.807, 2.05) is 48.5 Å². The van der Waals surface area contributed by atoms with Crippen LogP contribution in [0.25, 0.3) is 11.1 Å². The maximum Gasteiger partial charge on any atom is 0.407 e. The molecule has 7 nitrogen and oxygen atoms in total. The molecule has 31 heavy (non-hydrogen) atoms. The molecule has 0 atom stereocenters. The Balaban J connectivity index is 1.46. The van der Waals surface area contributed by atoms with Crippen LogP contribution in [0.3, 0.4) is 0 Å². The van der Waals surface area contributed by atoms with Crippen LogP contribution >= 0.6 is 0 Å². The lowest BCUT2D eigenvalue weighted by Gasteiger charge is -2.14. The molecule has 3 rings (SSSR count). The molecule has 162 valence electrons. The Labute approximate surface area is 176 Å². The molecule has 0 spiro atoms. The molecule has 2 aromatic carbocycles. The second-order valence-electron chi connectivity index (χ2n) is 6.84. The van der Waals surface area contributed by atoms with Gasteiger partial charge in [0, 0.05) is 18.5 Å². The first-order valence-corrected chi connectivity index (χ1v) is 9.44. The summed E-state index contributed by atoms with van der Waals surface area (Å²) in [5.41, 5.74) is 4.36. The van der Waals surface area contributed by atoms with Crippen molar-refractivity contribution in [3.8, 4) is 11.1 Å². The molecular formula is C22H20F2N2O5. The van der Waals surface area contributed by atoms with Gasteiger partial charge in [-0.15, -0.1) is 0 Å². The first-order chi connectivity index (χ1) is 14.8. The maximum atomic E-state index is 12.9. The number of nitrogens with one attached hydrogen (secondary N) is 2. The van der Waals surface area contributed by atoms with Crippen LogP contribution in [0.2, 0.25) is 0 Å². The molecule has 0 aromatic heterocycles. The number of ether oxygens (including phenoxy) is 1. The molecular weight excluding hydrogens is 410 g/mol. The predicted molar refractivity (Wildman–Crippen MR) is 108 cm³/mol. The average molecular weight is 430 g/mol. The van der Waals surface area contributed by atoms with E-state index in [-0.39, 0.29) is 19.1 Å². The van der Waals surface area contributed by atoms with Gasteiger partial charge in [-0.05, 0) is 22.3 Å². The lowest BCUT2D eigenvalue weighted by Crippen LogP contribution is -2.41. The Kier molecular flexibility index (Phi) is 6.64. The van der Waals surface area contributed by atoms with E-state index in [1.54, 1.807) is 5.32 Å². The molecule has 9 heteroatoms. The molecule has 0 aliphatic heterocycles. The highest BCUT2D eigenvalue weighted by atomic mass is 19.3. The van der Waals surface area contributed by atoms with Crippen molar-refractivity contribution in [3.05, 3.63) is 71.8 Å². The van der Waals surface area contributed by atoms with Crippen LogP contribution in [-0.2, 0) is 14.3 Å². The summed E-state index contributed by atoms with van der Waals surface area (Å²) in [6, 6.07) is 15.8. The molecule has 1 aliphatic rings. The zero-order valence-corrected chi connectivity index (χ0v) is 16.3. The lowest BCUT2D eigenvalue weighted by atomic mass is 9.98. The normalized spacial score (nSPS) is 12.8. The predicted octanol–water partition coefficient (Wildman–Crippen LogP) is 2.92. The van der Waals surface area contributed by atoms with Gasteiger partial charge < -0.3 is 20.5 Å². The highest BCUT2D eigenvalue weighted by Crippen LogP contribution is 2.44. The number of benzene rings is 2. The first kappa shape index (κ1) is 21.9. The van der Waals surface area contributed by atoms with E-state index in [1.165, 1.54) is 6.08 Å². The van der Waals surface area contributed by atoms with E-state index in [2.05, 4.69) is 5.32 Å². The van der Waals surface area contributed by atoms with Crippen LogP contribution < -0.4 is 10.6 Å². The molecule has 0 saturated heterocycles. The van der Waals surface area contributed by atoms with Crippen molar-refractivity contribution in [2.24, 2.45) is 0 Å². The van der Waals surface area contributed by atoms with Gasteiger partial charge in [0.25, 0.3) is 0 Å². The van der Waals surface area contributed by atoms with Gasteiger partial charge in [-0.3, -0.25) is 4.79 Å². The van der Waals surface area contributed by atoms with E-state index in [4.69, 9.17) is 9.84 Å². The minimum Gasteiger partial charge on any atom is -0.477 e. The standard InChI is InChI=1S/C22H20F2N2O5/c23-22(24,20(28)29)13-26-19(27)10-5-11-25-21(30)31-12-18-16-8-3-1-6-14(16)15-7-2-4-9-17(15)18/h1-10,18H,11-13H2,(H,25,30)(H,26,27)(H,28,29)/b10-5+. The quantitative estimate of drug-likeness (QED) is 0.559. The van der Waals surface area contributed by atoms with E-state index in [0.29, 0.717) is 0 Å². The van der Waals surface area contributed by atoms with Crippen molar-refractivity contribution in [1.82, 2.24) is 10.6 Å². The zero-order chi connectivity index (χ0) is 22.4. The summed E-state index contributed by atoms with van der Waals surface area (Å²) in [4.78, 5) is 33.7. The van der Waals surface area contributed by atoms with Crippen molar-refractivity contribution in [3.63, 3.8) is 0 Å². The number of carboxylic acids is 1. The topological polar surface area (TPSA) is 105 Å². The molecule has 0 fully saturated rings. The van der Waals surface area contributed by atoms with Crippen LogP contribution in [0.4, 0.5) is 13.6 Å². The van der Waals surface area contributed by atoms with Crippen LogP contribution in [0.1, 0.15) is 17.0 Å². The van der Waals surface area contributed by atoms with Crippen LogP contribution in [0, 0.1) is 0 Å². The molecule has 0 radical (unpaired) electrons. The van der Waals surface area contributed by atoms with Gasteiger partial charge in [0.1, 0.15) is 6.61 Å². The van der Waals surface area contributed by atoms with Gasteiger partial charge in [-0.2, -0.15) is 8.78 Å². The molecule has 0 saturated carbocycles. The third kappa shape index (κ3) is 5.25. The minimum atomic E-state index is -4.05. The van der Waals surface area contributed by atoms with Crippen molar-refractivity contribution in [1.29, 1.82) is 0 Å². The second kappa shape index (κ2) is 9.38. The second-order valence-corrected chi connectivity index (χ2v) is 6.84. The summed E-state index contributed by atoms with van der Waals surface area (Å²) in [5, 5.41) is 12.5. The van der Waals surface area contributed by atoms with Crippen LogP contribution in [-0.4, -0.2) is 48.7 Å². The Morgan fingerprint density at radius 2 is 1.58 bits per heavy atom. The number of aliphatic carboxylic acids is 1. The summed E-state index contributed by atoms with van der Waals surface area (Å²) < 4.78 is 31.1. The van der Waals surface area contributed by atoms with Crippen LogP contribution in [0.15, 0.2) is 60.7 Å². The van der Waals surface area contributed by atoms with E-state index < -0.39 is 30.4 Å². The number of carboxylic acid groups (broad SMARTS) is 1. The number of fused-ring (bicyclic) bond motifs is 3. The third-order valence-corrected chi connectivity index (χ3v) is 4.77. The van der Waals surface area contributed by atoms with Gasteiger partial charge in [0.15, 0.2) is 0 Å². The number of amides is 2. The highest BCUT2D eigenvalue weighted by Gasteiger charge is 2.38. The smallest absolute Gasteiger partial charge is 0.407 e. The van der Waals surface area contributed by atoms with E-state index >= 15 is 0 Å². The molecule has 0 bridgehead atoms. The Morgan fingerprint density at radius 1 is 1.00 bits per heavy atom. The van der Waals surface area contributed by atoms with Gasteiger partial charge in [-0.25, -0.2) is 9.59 Å². The summed E-state index contributed by atoms with van der Waals surface area (Å²) in [6.45, 7) is -1.26. The van der Waals surface area contributed by atoms with Crippen molar-refractivity contribution in [2.75, 3.05) is 19.7 Å². The Bertz CT molecular complexity index is 977. The number of alkyl halides is 2. The third-order valence-electron chi connectivity index (χ3n) is 4.77. The molecule has 1 aliphatic carbocycles. The monoisotopic (exact) mass is 430 g/mol. The summed E-state index contributed by atoms with van der Waals surface area (Å²) in [6.07, 6.45) is 1.46. The zero-order valence-electron chi connectivity index (χ0n) is 16.3. The van der Waals surface area contributed by atoms with Crippen LogP contribution in [0.5, 0.6) is 0 Å². The van der Waals surface area contributed by atoms with Gasteiger partial charge in [-0.1, -0.05) is 54.6 Å². The number of carbonyl (C=O) groups is 3.